The van der Waals surface area contributed by atoms with Crippen molar-refractivity contribution in [2.24, 2.45) is 0 Å². The van der Waals surface area contributed by atoms with Crippen molar-refractivity contribution in [1.29, 1.82) is 5.26 Å². The Morgan fingerprint density at radius 2 is 2.00 bits per heavy atom. The second-order valence-corrected chi connectivity index (χ2v) is 8.84. The van der Waals surface area contributed by atoms with E-state index in [-0.39, 0.29) is 17.5 Å². The van der Waals surface area contributed by atoms with Crippen LogP contribution >= 0.6 is 46.8 Å². The number of benzene rings is 2. The van der Waals surface area contributed by atoms with Gasteiger partial charge in [0.2, 0.25) is 0 Å². The van der Waals surface area contributed by atoms with Gasteiger partial charge in [-0.05, 0) is 68.0 Å². The molecule has 0 aliphatic carbocycles. The summed E-state index contributed by atoms with van der Waals surface area (Å²) >= 11 is 18.6. The Morgan fingerprint density at radius 3 is 2.64 bits per heavy atom. The molecule has 28 heavy (non-hydrogen) atoms. The van der Waals surface area contributed by atoms with Gasteiger partial charge in [0.15, 0.2) is 3.95 Å². The molecule has 1 amide bonds. The Balaban J connectivity index is 2.02. The first-order chi connectivity index (χ1) is 13.3. The van der Waals surface area contributed by atoms with Crippen LogP contribution in [-0.2, 0) is 4.79 Å². The summed E-state index contributed by atoms with van der Waals surface area (Å²) in [4.78, 5) is 17.9. The van der Waals surface area contributed by atoms with Crippen LogP contribution < -0.4 is 4.90 Å². The van der Waals surface area contributed by atoms with Crippen LogP contribution in [-0.4, -0.2) is 16.9 Å². The second-order valence-electron chi connectivity index (χ2n) is 6.31. The number of carbonyl (C=O) groups is 1. The van der Waals surface area contributed by atoms with E-state index in [4.69, 9.17) is 35.4 Å². The zero-order chi connectivity index (χ0) is 20.4. The summed E-state index contributed by atoms with van der Waals surface area (Å²) < 4.78 is 1.62. The summed E-state index contributed by atoms with van der Waals surface area (Å²) in [5.74, 6) is -0.387. The van der Waals surface area contributed by atoms with Gasteiger partial charge >= 0.3 is 0 Å². The number of thiazole rings is 1. The summed E-state index contributed by atoms with van der Waals surface area (Å²) in [6, 6.07) is 12.4. The van der Waals surface area contributed by atoms with E-state index in [2.05, 4.69) is 4.98 Å². The van der Waals surface area contributed by atoms with Gasteiger partial charge in [-0.3, -0.25) is 4.79 Å². The Labute approximate surface area is 181 Å². The minimum Gasteiger partial charge on any atom is -0.337 e. The molecule has 3 aromatic rings. The lowest BCUT2D eigenvalue weighted by atomic mass is 10.1. The van der Waals surface area contributed by atoms with E-state index in [1.807, 2.05) is 38.1 Å². The van der Waals surface area contributed by atoms with Gasteiger partial charge in [0.1, 0.15) is 11.6 Å². The van der Waals surface area contributed by atoms with Gasteiger partial charge in [-0.2, -0.15) is 5.26 Å². The largest absolute Gasteiger partial charge is 0.337 e. The highest BCUT2D eigenvalue weighted by Gasteiger charge is 2.23. The van der Waals surface area contributed by atoms with Crippen molar-refractivity contribution in [2.45, 2.75) is 19.9 Å². The van der Waals surface area contributed by atoms with Gasteiger partial charge in [0.25, 0.3) is 5.91 Å². The number of H-pyrrole nitrogens is 1. The molecule has 0 bridgehead atoms. The number of hydrogen-bond acceptors (Lipinski definition) is 4. The summed E-state index contributed by atoms with van der Waals surface area (Å²) in [5, 5.41) is 10.4. The molecule has 4 nitrogen and oxygen atoms in total. The standard InChI is InChI=1S/C20H15Cl2N3OS2/c1-11(2)25(14-4-6-17-18(9-14)28-20(27)24-17)19(26)13(10-23)7-12-3-5-15(21)16(22)8-12/h3-9,11H,1-2H3,(H,24,27). The number of nitrogens with zero attached hydrogens (tertiary/aromatic N) is 2. The normalized spacial score (nSPS) is 11.6. The Kier molecular flexibility index (Phi) is 6.21. The molecule has 3 rings (SSSR count). The Morgan fingerprint density at radius 1 is 1.25 bits per heavy atom. The van der Waals surface area contributed by atoms with Crippen LogP contribution in [0, 0.1) is 15.3 Å². The summed E-state index contributed by atoms with van der Waals surface area (Å²) in [6.07, 6.45) is 1.51. The molecule has 0 saturated heterocycles. The lowest BCUT2D eigenvalue weighted by Crippen LogP contribution is -2.37. The van der Waals surface area contributed by atoms with Crippen LogP contribution in [0.15, 0.2) is 42.0 Å². The van der Waals surface area contributed by atoms with Crippen LogP contribution in [0.25, 0.3) is 16.3 Å². The Bertz CT molecular complexity index is 1190. The van der Waals surface area contributed by atoms with E-state index < -0.39 is 0 Å². The first-order valence-electron chi connectivity index (χ1n) is 8.33. The molecule has 142 valence electrons. The van der Waals surface area contributed by atoms with Crippen molar-refractivity contribution in [2.75, 3.05) is 4.90 Å². The minimum atomic E-state index is -0.387. The number of fused-ring (bicyclic) bond motifs is 1. The third-order valence-corrected chi connectivity index (χ3v) is 5.96. The predicted octanol–water partition coefficient (Wildman–Crippen LogP) is 6.61. The summed E-state index contributed by atoms with van der Waals surface area (Å²) in [5.41, 5.74) is 2.26. The zero-order valence-electron chi connectivity index (χ0n) is 15.0. The van der Waals surface area contributed by atoms with Crippen LogP contribution in [0.3, 0.4) is 0 Å². The molecule has 0 aliphatic heterocycles. The molecule has 0 aliphatic rings. The fourth-order valence-electron chi connectivity index (χ4n) is 2.77. The maximum atomic E-state index is 13.2. The number of nitrogens with one attached hydrogen (secondary N) is 1. The first kappa shape index (κ1) is 20.6. The zero-order valence-corrected chi connectivity index (χ0v) is 18.1. The van der Waals surface area contributed by atoms with Crippen molar-refractivity contribution in [3.05, 3.63) is 61.5 Å². The highest BCUT2D eigenvalue weighted by Crippen LogP contribution is 2.28. The van der Waals surface area contributed by atoms with Crippen molar-refractivity contribution in [3.63, 3.8) is 0 Å². The number of carbonyl (C=O) groups excluding carboxylic acids is 1. The van der Waals surface area contributed by atoms with Gasteiger partial charge < -0.3 is 9.88 Å². The molecule has 0 saturated carbocycles. The minimum absolute atomic E-state index is 0.00823. The van der Waals surface area contributed by atoms with E-state index in [1.165, 1.54) is 17.4 Å². The third kappa shape index (κ3) is 4.29. The first-order valence-corrected chi connectivity index (χ1v) is 10.3. The molecule has 0 atom stereocenters. The van der Waals surface area contributed by atoms with Gasteiger partial charge in [0.05, 0.1) is 20.3 Å². The fraction of sp³-hybridized carbons (Fsp3) is 0.150. The van der Waals surface area contributed by atoms with E-state index in [0.29, 0.717) is 25.3 Å². The molecule has 8 heteroatoms. The van der Waals surface area contributed by atoms with Crippen LogP contribution in [0.1, 0.15) is 19.4 Å². The fourth-order valence-corrected chi connectivity index (χ4v) is 4.23. The van der Waals surface area contributed by atoms with Crippen LogP contribution in [0.2, 0.25) is 10.0 Å². The number of hydrogen-bond donors (Lipinski definition) is 1. The molecular formula is C20H15Cl2N3OS2. The smallest absolute Gasteiger partial charge is 0.269 e. The average molecular weight is 448 g/mol. The molecule has 1 heterocycles. The van der Waals surface area contributed by atoms with Gasteiger partial charge in [-0.1, -0.05) is 29.3 Å². The summed E-state index contributed by atoms with van der Waals surface area (Å²) in [6.45, 7) is 3.80. The van der Waals surface area contributed by atoms with Crippen LogP contribution in [0.4, 0.5) is 5.69 Å². The lowest BCUT2D eigenvalue weighted by Gasteiger charge is -2.26. The molecule has 2 aromatic carbocycles. The summed E-state index contributed by atoms with van der Waals surface area (Å²) in [7, 11) is 0. The maximum Gasteiger partial charge on any atom is 0.269 e. The van der Waals surface area contributed by atoms with Crippen molar-refractivity contribution >= 4 is 74.6 Å². The van der Waals surface area contributed by atoms with Gasteiger partial charge in [-0.15, -0.1) is 11.3 Å². The molecular weight excluding hydrogens is 433 g/mol. The number of aromatic amines is 1. The predicted molar refractivity (Wildman–Crippen MR) is 120 cm³/mol. The molecule has 0 fully saturated rings. The molecule has 0 radical (unpaired) electrons. The maximum absolute atomic E-state index is 13.2. The molecule has 1 N–H and O–H groups in total. The van der Waals surface area contributed by atoms with E-state index >= 15 is 0 Å². The number of halogens is 2. The molecule has 0 unspecified atom stereocenters. The number of amides is 1. The van der Waals surface area contributed by atoms with Crippen molar-refractivity contribution in [3.8, 4) is 6.07 Å². The number of rotatable bonds is 4. The SMILES string of the molecule is CC(C)N(C(=O)C(C#N)=Cc1ccc(Cl)c(Cl)c1)c1ccc2[nH]c(=S)sc2c1. The molecule has 0 spiro atoms. The van der Waals surface area contributed by atoms with Gasteiger partial charge in [0, 0.05) is 11.7 Å². The topological polar surface area (TPSA) is 59.9 Å². The number of aromatic nitrogens is 1. The average Bonchev–Trinajstić information content (AvgIpc) is 3.01. The highest BCUT2D eigenvalue weighted by molar-refractivity contribution is 7.73. The van der Waals surface area contributed by atoms with Crippen molar-refractivity contribution < 1.29 is 4.79 Å². The van der Waals surface area contributed by atoms with E-state index in [0.717, 1.165) is 10.2 Å². The Hall–Kier alpha value is -2.17. The number of anilines is 1. The third-order valence-electron chi connectivity index (χ3n) is 4.02. The van der Waals surface area contributed by atoms with E-state index in [1.54, 1.807) is 23.1 Å². The monoisotopic (exact) mass is 447 g/mol. The van der Waals surface area contributed by atoms with Crippen molar-refractivity contribution in [1.82, 2.24) is 4.98 Å². The molecule has 1 aromatic heterocycles. The van der Waals surface area contributed by atoms with Gasteiger partial charge in [-0.25, -0.2) is 0 Å². The lowest BCUT2D eigenvalue weighted by molar-refractivity contribution is -0.115. The number of nitriles is 1. The quantitative estimate of drug-likeness (QED) is 0.277. The van der Waals surface area contributed by atoms with Crippen LogP contribution in [0.5, 0.6) is 0 Å². The van der Waals surface area contributed by atoms with E-state index in [9.17, 15) is 10.1 Å². The second kappa shape index (κ2) is 8.46. The highest BCUT2D eigenvalue weighted by atomic mass is 35.5.